The summed E-state index contributed by atoms with van der Waals surface area (Å²) in [6.07, 6.45) is -5.45. The van der Waals surface area contributed by atoms with E-state index in [1.54, 1.807) is 6.07 Å². The highest BCUT2D eigenvalue weighted by atomic mass is 19.4. The molecule has 1 aromatic rings. The van der Waals surface area contributed by atoms with E-state index in [9.17, 15) is 18.0 Å². The highest BCUT2D eigenvalue weighted by Crippen LogP contribution is 2.23. The van der Waals surface area contributed by atoms with Gasteiger partial charge < -0.3 is 16.2 Å². The number of rotatable bonds is 5. The number of halogens is 3. The van der Waals surface area contributed by atoms with Gasteiger partial charge in [0.15, 0.2) is 5.82 Å². The number of carboxylic acids is 1. The molecule has 0 aliphatic rings. The second-order valence-corrected chi connectivity index (χ2v) is 3.56. The molecular formula is C9H10F3N5O2. The van der Waals surface area contributed by atoms with E-state index in [1.807, 2.05) is 0 Å². The normalized spacial score (nSPS) is 11.1. The molecule has 7 nitrogen and oxygen atoms in total. The number of nitriles is 1. The number of aliphatic carboxylic acids is 1. The number of nitrogens with zero attached hydrogens (tertiary/aromatic N) is 3. The summed E-state index contributed by atoms with van der Waals surface area (Å²) >= 11 is 0. The number of anilines is 2. The first-order chi connectivity index (χ1) is 8.74. The van der Waals surface area contributed by atoms with E-state index in [0.29, 0.717) is 0 Å². The van der Waals surface area contributed by atoms with Gasteiger partial charge in [0.05, 0.1) is 6.42 Å². The number of alkyl halides is 3. The molecule has 0 amide bonds. The van der Waals surface area contributed by atoms with Crippen LogP contribution in [0.15, 0.2) is 0 Å². The fourth-order valence-electron chi connectivity index (χ4n) is 1.28. The van der Waals surface area contributed by atoms with Crippen molar-refractivity contribution in [2.24, 2.45) is 0 Å². The van der Waals surface area contributed by atoms with E-state index in [1.165, 1.54) is 0 Å². The molecule has 10 heteroatoms. The molecule has 0 bridgehead atoms. The molecule has 1 heterocycles. The Morgan fingerprint density at radius 1 is 1.58 bits per heavy atom. The lowest BCUT2D eigenvalue weighted by atomic mass is 10.3. The van der Waals surface area contributed by atoms with E-state index in [-0.39, 0.29) is 17.2 Å². The maximum atomic E-state index is 12.0. The quantitative estimate of drug-likeness (QED) is 0.732. The van der Waals surface area contributed by atoms with Gasteiger partial charge in [0.1, 0.15) is 24.0 Å². The molecule has 0 atom stereocenters. The van der Waals surface area contributed by atoms with Crippen LogP contribution in [0.4, 0.5) is 24.8 Å². The molecule has 0 saturated carbocycles. The van der Waals surface area contributed by atoms with Crippen LogP contribution in [0.25, 0.3) is 0 Å². The minimum absolute atomic E-state index is 0.162. The zero-order chi connectivity index (χ0) is 14.6. The topological polar surface area (TPSA) is 117 Å². The van der Waals surface area contributed by atoms with Crippen LogP contribution in [-0.2, 0) is 11.3 Å². The first-order valence-corrected chi connectivity index (χ1v) is 5.03. The Kier molecular flexibility index (Phi) is 4.21. The Hall–Kier alpha value is -2.44. The largest absolute Gasteiger partial charge is 0.480 e. The zero-order valence-electron chi connectivity index (χ0n) is 9.53. The third-order valence-corrected chi connectivity index (χ3v) is 2.09. The van der Waals surface area contributed by atoms with Gasteiger partial charge in [-0.2, -0.15) is 23.5 Å². The number of nitrogen functional groups attached to an aromatic ring is 1. The summed E-state index contributed by atoms with van der Waals surface area (Å²) in [5.41, 5.74) is 5.30. The van der Waals surface area contributed by atoms with Gasteiger partial charge in [0.2, 0.25) is 0 Å². The standard InChI is InChI=1S/C9H10F3N5O2/c10-9(11,12)1-2-15-8-5(3-13)7(14)17(16-8)4-6(18)19/h1-2,4,14H2,(H,15,16)(H,18,19). The molecule has 0 unspecified atom stereocenters. The van der Waals surface area contributed by atoms with Gasteiger partial charge >= 0.3 is 12.1 Å². The Bertz CT molecular complexity index is 517. The number of nitrogens with one attached hydrogen (secondary N) is 1. The van der Waals surface area contributed by atoms with Crippen molar-refractivity contribution in [2.75, 3.05) is 17.6 Å². The first-order valence-electron chi connectivity index (χ1n) is 5.03. The van der Waals surface area contributed by atoms with Gasteiger partial charge in [-0.3, -0.25) is 4.79 Å². The van der Waals surface area contributed by atoms with Crippen LogP contribution in [0.1, 0.15) is 12.0 Å². The van der Waals surface area contributed by atoms with E-state index >= 15 is 0 Å². The van der Waals surface area contributed by atoms with E-state index in [2.05, 4.69) is 10.4 Å². The molecule has 0 aliphatic heterocycles. The van der Waals surface area contributed by atoms with E-state index in [4.69, 9.17) is 16.1 Å². The second-order valence-electron chi connectivity index (χ2n) is 3.56. The number of hydrogen-bond acceptors (Lipinski definition) is 5. The molecule has 4 N–H and O–H groups in total. The van der Waals surface area contributed by atoms with Crippen LogP contribution in [0.5, 0.6) is 0 Å². The van der Waals surface area contributed by atoms with Gasteiger partial charge in [-0.05, 0) is 0 Å². The first kappa shape index (κ1) is 14.6. The SMILES string of the molecule is N#Cc1c(NCCC(F)(F)F)nn(CC(=O)O)c1N. The minimum Gasteiger partial charge on any atom is -0.480 e. The van der Waals surface area contributed by atoms with Crippen molar-refractivity contribution in [1.82, 2.24) is 9.78 Å². The van der Waals surface area contributed by atoms with Crippen LogP contribution < -0.4 is 11.1 Å². The summed E-state index contributed by atoms with van der Waals surface area (Å²) in [5, 5.41) is 23.3. The van der Waals surface area contributed by atoms with Crippen LogP contribution >= 0.6 is 0 Å². The molecule has 0 saturated heterocycles. The monoisotopic (exact) mass is 277 g/mol. The average Bonchev–Trinajstić information content (AvgIpc) is 2.53. The van der Waals surface area contributed by atoms with Crippen molar-refractivity contribution in [3.63, 3.8) is 0 Å². The maximum Gasteiger partial charge on any atom is 0.390 e. The van der Waals surface area contributed by atoms with Crippen LogP contribution in [0.2, 0.25) is 0 Å². The third-order valence-electron chi connectivity index (χ3n) is 2.09. The summed E-state index contributed by atoms with van der Waals surface area (Å²) in [5.74, 6) is -1.61. The molecule has 104 valence electrons. The molecule has 1 rings (SSSR count). The van der Waals surface area contributed by atoms with Gasteiger partial charge in [-0.1, -0.05) is 0 Å². The number of nitrogens with two attached hydrogens (primary N) is 1. The fourth-order valence-corrected chi connectivity index (χ4v) is 1.28. The number of carbonyl (C=O) groups is 1. The van der Waals surface area contributed by atoms with Gasteiger partial charge in [0.25, 0.3) is 0 Å². The molecule has 0 aliphatic carbocycles. The summed E-state index contributed by atoms with van der Waals surface area (Å²) < 4.78 is 36.7. The van der Waals surface area contributed by atoms with Crippen molar-refractivity contribution < 1.29 is 23.1 Å². The number of aromatic nitrogens is 2. The summed E-state index contributed by atoms with van der Waals surface area (Å²) in [7, 11) is 0. The molecule has 0 fully saturated rings. The summed E-state index contributed by atoms with van der Waals surface area (Å²) in [6.45, 7) is -1.07. The fraction of sp³-hybridized carbons (Fsp3) is 0.444. The van der Waals surface area contributed by atoms with Gasteiger partial charge in [0, 0.05) is 6.54 Å². The molecule has 0 radical (unpaired) electrons. The van der Waals surface area contributed by atoms with Gasteiger partial charge in [-0.15, -0.1) is 0 Å². The van der Waals surface area contributed by atoms with Crippen molar-refractivity contribution in [3.8, 4) is 6.07 Å². The smallest absolute Gasteiger partial charge is 0.390 e. The Morgan fingerprint density at radius 2 is 2.21 bits per heavy atom. The van der Waals surface area contributed by atoms with E-state index < -0.39 is 31.7 Å². The molecule has 19 heavy (non-hydrogen) atoms. The predicted octanol–water partition coefficient (Wildman–Crippen LogP) is 0.786. The Morgan fingerprint density at radius 3 is 2.68 bits per heavy atom. The minimum atomic E-state index is -4.34. The Labute approximate surface area is 105 Å². The van der Waals surface area contributed by atoms with Crippen molar-refractivity contribution in [2.45, 2.75) is 19.1 Å². The van der Waals surface area contributed by atoms with Crippen molar-refractivity contribution in [3.05, 3.63) is 5.56 Å². The average molecular weight is 277 g/mol. The third kappa shape index (κ3) is 4.06. The number of hydrogen-bond donors (Lipinski definition) is 3. The van der Waals surface area contributed by atoms with Crippen LogP contribution in [0, 0.1) is 11.3 Å². The van der Waals surface area contributed by atoms with Crippen molar-refractivity contribution >= 4 is 17.6 Å². The van der Waals surface area contributed by atoms with E-state index in [0.717, 1.165) is 4.68 Å². The maximum absolute atomic E-state index is 12.0. The number of carboxylic acid groups (broad SMARTS) is 1. The van der Waals surface area contributed by atoms with Gasteiger partial charge in [-0.25, -0.2) is 4.68 Å². The van der Waals surface area contributed by atoms with Crippen molar-refractivity contribution in [1.29, 1.82) is 5.26 Å². The van der Waals surface area contributed by atoms with Crippen LogP contribution in [0.3, 0.4) is 0 Å². The molecule has 0 spiro atoms. The second kappa shape index (κ2) is 5.47. The molecular weight excluding hydrogens is 267 g/mol. The predicted molar refractivity (Wildman–Crippen MR) is 58.2 cm³/mol. The lowest BCUT2D eigenvalue weighted by Gasteiger charge is -2.06. The highest BCUT2D eigenvalue weighted by Gasteiger charge is 2.27. The van der Waals surface area contributed by atoms with Crippen LogP contribution in [-0.4, -0.2) is 33.6 Å². The Balaban J connectivity index is 2.83. The lowest BCUT2D eigenvalue weighted by Crippen LogP contribution is -2.15. The summed E-state index contributed by atoms with van der Waals surface area (Å²) in [4.78, 5) is 10.5. The molecule has 1 aromatic heterocycles. The highest BCUT2D eigenvalue weighted by molar-refractivity contribution is 5.70. The lowest BCUT2D eigenvalue weighted by molar-refractivity contribution is -0.137. The zero-order valence-corrected chi connectivity index (χ0v) is 9.53. The summed E-state index contributed by atoms with van der Waals surface area (Å²) in [6, 6.07) is 1.66. The molecule has 0 aromatic carbocycles.